The van der Waals surface area contributed by atoms with Gasteiger partial charge >= 0.3 is 39.5 Å². The molecule has 0 saturated carbocycles. The molecule has 17 nitrogen and oxygen atoms in total. The number of ether oxygens (including phenoxy) is 4. The monoisotopic (exact) mass is 1390 g/mol. The van der Waals surface area contributed by atoms with E-state index in [0.717, 1.165) is 148 Å². The number of phosphoric ester groups is 2. The molecule has 0 heterocycles. The number of carbonyl (C=O) groups excluding carboxylic acids is 4. The predicted octanol–water partition coefficient (Wildman–Crippen LogP) is 21.4. The minimum atomic E-state index is -4.98. The third-order valence-corrected chi connectivity index (χ3v) is 17.8. The maximum absolute atomic E-state index is 13.1. The molecule has 556 valence electrons. The summed E-state index contributed by atoms with van der Waals surface area (Å²) in [7, 11) is -9.94. The van der Waals surface area contributed by atoms with Crippen molar-refractivity contribution >= 4 is 39.5 Å². The first kappa shape index (κ1) is 92.2. The number of aliphatic hydroxyl groups is 1. The van der Waals surface area contributed by atoms with Crippen molar-refractivity contribution in [3.8, 4) is 0 Å². The van der Waals surface area contributed by atoms with Gasteiger partial charge in [-0.25, -0.2) is 9.13 Å². The van der Waals surface area contributed by atoms with Crippen LogP contribution in [0.15, 0.2) is 85.1 Å². The summed E-state index contributed by atoms with van der Waals surface area (Å²) in [6.07, 6.45) is 70.0. The summed E-state index contributed by atoms with van der Waals surface area (Å²) in [5.74, 6) is -2.20. The second kappa shape index (κ2) is 69.7. The predicted molar refractivity (Wildman–Crippen MR) is 390 cm³/mol. The Bertz CT molecular complexity index is 2160. The number of aliphatic hydroxyl groups excluding tert-OH is 1. The maximum atomic E-state index is 13.1. The Labute approximate surface area is 583 Å². The lowest BCUT2D eigenvalue weighted by atomic mass is 10.0. The van der Waals surface area contributed by atoms with Gasteiger partial charge in [0.25, 0.3) is 0 Å². The van der Waals surface area contributed by atoms with E-state index in [1.54, 1.807) is 0 Å². The van der Waals surface area contributed by atoms with Crippen molar-refractivity contribution in [3.05, 3.63) is 85.1 Å². The van der Waals surface area contributed by atoms with Gasteiger partial charge in [-0.2, -0.15) is 0 Å². The average molecular weight is 1400 g/mol. The molecule has 19 heteroatoms. The third kappa shape index (κ3) is 68.8. The Kier molecular flexibility index (Phi) is 67.0. The van der Waals surface area contributed by atoms with Gasteiger partial charge in [-0.15, -0.1) is 0 Å². The molecule has 0 bridgehead atoms. The third-order valence-electron chi connectivity index (χ3n) is 15.9. The van der Waals surface area contributed by atoms with Crippen molar-refractivity contribution in [2.24, 2.45) is 0 Å². The van der Waals surface area contributed by atoms with Crippen LogP contribution in [0.1, 0.15) is 323 Å². The van der Waals surface area contributed by atoms with Gasteiger partial charge in [0, 0.05) is 25.7 Å². The van der Waals surface area contributed by atoms with Crippen LogP contribution in [0.5, 0.6) is 0 Å². The molecule has 0 aromatic carbocycles. The lowest BCUT2D eigenvalue weighted by Gasteiger charge is -2.21. The quantitative estimate of drug-likeness (QED) is 0.0169. The zero-order chi connectivity index (χ0) is 70.4. The Morgan fingerprint density at radius 3 is 0.833 bits per heavy atom. The SMILES string of the molecule is CC/C=C\C/C=C\C/C=C\C/C=C\CCCCCCC(=O)OCC(COP(=O)(O)OCC(O)COP(=O)(O)OCC(COC(=O)CCCCCCCCCCCCCCC)OC(=O)CCCCCCCCCCCCC)OC(=O)CCCCCCC/C=C\C/C=C\C/C=C\CC. The molecule has 0 aromatic rings. The lowest BCUT2D eigenvalue weighted by molar-refractivity contribution is -0.161. The van der Waals surface area contributed by atoms with E-state index in [2.05, 4.69) is 113 Å². The molecule has 0 radical (unpaired) electrons. The van der Waals surface area contributed by atoms with E-state index >= 15 is 0 Å². The number of unbranched alkanes of at least 4 members (excludes halogenated alkanes) is 31. The number of carbonyl (C=O) groups is 4. The molecule has 0 aromatic heterocycles. The van der Waals surface area contributed by atoms with Gasteiger partial charge in [0.1, 0.15) is 19.3 Å². The summed E-state index contributed by atoms with van der Waals surface area (Å²) >= 11 is 0. The highest BCUT2D eigenvalue weighted by molar-refractivity contribution is 7.47. The van der Waals surface area contributed by atoms with Crippen LogP contribution in [0.2, 0.25) is 0 Å². The van der Waals surface area contributed by atoms with E-state index in [1.165, 1.54) is 96.3 Å². The summed E-state index contributed by atoms with van der Waals surface area (Å²) in [6, 6.07) is 0. The highest BCUT2D eigenvalue weighted by Crippen LogP contribution is 2.45. The summed E-state index contributed by atoms with van der Waals surface area (Å²) in [5, 5.41) is 10.6. The van der Waals surface area contributed by atoms with Gasteiger partial charge in [0.15, 0.2) is 12.2 Å². The van der Waals surface area contributed by atoms with E-state index in [1.807, 2.05) is 0 Å². The largest absolute Gasteiger partial charge is 0.472 e. The van der Waals surface area contributed by atoms with Gasteiger partial charge in [0.05, 0.1) is 26.4 Å². The highest BCUT2D eigenvalue weighted by Gasteiger charge is 2.30. The minimum absolute atomic E-state index is 0.0707. The number of hydrogen-bond donors (Lipinski definition) is 3. The van der Waals surface area contributed by atoms with Gasteiger partial charge in [-0.1, -0.05) is 286 Å². The topological polar surface area (TPSA) is 237 Å². The smallest absolute Gasteiger partial charge is 0.462 e. The fraction of sp³-hybridized carbons (Fsp3) is 0.766. The summed E-state index contributed by atoms with van der Waals surface area (Å²) < 4.78 is 68.4. The van der Waals surface area contributed by atoms with Crippen LogP contribution in [0.4, 0.5) is 0 Å². The number of phosphoric acid groups is 2. The number of esters is 4. The number of rotatable bonds is 71. The Balaban J connectivity index is 5.34. The molecular formula is C77H136O17P2. The Hall–Kier alpha value is -3.76. The normalized spacial score (nSPS) is 14.4. The van der Waals surface area contributed by atoms with Crippen molar-refractivity contribution in [2.45, 2.75) is 341 Å². The van der Waals surface area contributed by atoms with Crippen LogP contribution in [0, 0.1) is 0 Å². The van der Waals surface area contributed by atoms with Crippen LogP contribution >= 0.6 is 15.6 Å². The van der Waals surface area contributed by atoms with Gasteiger partial charge in [-0.05, 0) is 96.3 Å². The summed E-state index contributed by atoms with van der Waals surface area (Å²) in [6.45, 7) is 4.62. The average Bonchev–Trinajstić information content (AvgIpc) is 2.18. The van der Waals surface area contributed by atoms with E-state index in [4.69, 9.17) is 37.0 Å². The first-order valence-electron chi connectivity index (χ1n) is 37.8. The van der Waals surface area contributed by atoms with Crippen molar-refractivity contribution in [2.75, 3.05) is 39.6 Å². The zero-order valence-corrected chi connectivity index (χ0v) is 62.3. The molecule has 0 spiro atoms. The first-order valence-corrected chi connectivity index (χ1v) is 40.8. The first-order chi connectivity index (χ1) is 46.7. The minimum Gasteiger partial charge on any atom is -0.462 e. The molecule has 0 saturated heterocycles. The van der Waals surface area contributed by atoms with Crippen LogP contribution in [-0.4, -0.2) is 96.7 Å². The summed E-state index contributed by atoms with van der Waals surface area (Å²) in [4.78, 5) is 72.8. The van der Waals surface area contributed by atoms with Gasteiger partial charge in [0.2, 0.25) is 0 Å². The van der Waals surface area contributed by atoms with Crippen LogP contribution in [0.3, 0.4) is 0 Å². The second-order valence-electron chi connectivity index (χ2n) is 25.2. The zero-order valence-electron chi connectivity index (χ0n) is 60.5. The molecule has 0 amide bonds. The fourth-order valence-electron chi connectivity index (χ4n) is 10.2. The molecule has 0 aliphatic heterocycles. The highest BCUT2D eigenvalue weighted by atomic mass is 31.2. The molecule has 96 heavy (non-hydrogen) atoms. The van der Waals surface area contributed by atoms with Crippen molar-refractivity contribution in [1.82, 2.24) is 0 Å². The Morgan fingerprint density at radius 2 is 0.542 bits per heavy atom. The number of allylic oxidation sites excluding steroid dienone is 14. The standard InChI is InChI=1S/C77H136O17P2/c1-5-9-13-17-21-25-29-32-34-35-37-39-43-46-50-54-58-62-75(80)88-68-73(94-77(82)64-60-56-52-48-44-40-36-33-30-26-22-18-14-10-6-2)70-92-96(85,86)90-66-71(78)65-89-95(83,84)91-69-72(93-76(81)63-59-55-51-47-41-28-24-20-16-12-8-4)67-87-74(79)61-57-53-49-45-42-38-31-27-23-19-15-11-7-3/h9-10,13-14,21-22,25-26,32-34,36-37,39,71-73,78H,5-8,11-12,15-20,23-24,27-31,35,38,40-70H2,1-4H3,(H,83,84)(H,85,86)/b13-9-,14-10-,25-21-,26-22-,34-32-,36-33-,39-37-. The van der Waals surface area contributed by atoms with E-state index in [9.17, 15) is 43.2 Å². The lowest BCUT2D eigenvalue weighted by Crippen LogP contribution is -2.30. The molecule has 0 aliphatic rings. The van der Waals surface area contributed by atoms with E-state index in [-0.39, 0.29) is 25.7 Å². The van der Waals surface area contributed by atoms with E-state index in [0.29, 0.717) is 25.7 Å². The van der Waals surface area contributed by atoms with Gasteiger partial charge < -0.3 is 33.8 Å². The maximum Gasteiger partial charge on any atom is 0.472 e. The van der Waals surface area contributed by atoms with Crippen molar-refractivity contribution in [3.63, 3.8) is 0 Å². The molecule has 5 atom stereocenters. The molecule has 0 fully saturated rings. The van der Waals surface area contributed by atoms with Crippen LogP contribution in [0.25, 0.3) is 0 Å². The Morgan fingerprint density at radius 1 is 0.302 bits per heavy atom. The van der Waals surface area contributed by atoms with Gasteiger partial charge in [-0.3, -0.25) is 37.3 Å². The molecular weight excluding hydrogens is 1260 g/mol. The van der Waals surface area contributed by atoms with Crippen LogP contribution in [-0.2, 0) is 65.4 Å². The summed E-state index contributed by atoms with van der Waals surface area (Å²) in [5.41, 5.74) is 0. The molecule has 0 rings (SSSR count). The number of hydrogen-bond acceptors (Lipinski definition) is 15. The fourth-order valence-corrected chi connectivity index (χ4v) is 11.7. The van der Waals surface area contributed by atoms with Crippen molar-refractivity contribution in [1.29, 1.82) is 0 Å². The molecule has 3 N–H and O–H groups in total. The van der Waals surface area contributed by atoms with E-state index < -0.39 is 97.5 Å². The molecule has 0 aliphatic carbocycles. The van der Waals surface area contributed by atoms with Crippen molar-refractivity contribution < 1.29 is 80.2 Å². The second-order valence-corrected chi connectivity index (χ2v) is 28.1. The van der Waals surface area contributed by atoms with Crippen LogP contribution < -0.4 is 0 Å². The molecule has 5 unspecified atom stereocenters.